The molecule has 3 aromatic rings. The highest BCUT2D eigenvalue weighted by atomic mass is 19.3. The summed E-state index contributed by atoms with van der Waals surface area (Å²) in [6.07, 6.45) is 4.99. The summed E-state index contributed by atoms with van der Waals surface area (Å²) in [7, 11) is 0. The van der Waals surface area contributed by atoms with Crippen LogP contribution >= 0.6 is 0 Å². The van der Waals surface area contributed by atoms with E-state index in [1.807, 2.05) is 13.8 Å². The maximum atomic E-state index is 13.3. The zero-order valence-corrected chi connectivity index (χ0v) is 18.6. The second-order valence-corrected chi connectivity index (χ2v) is 7.92. The second kappa shape index (κ2) is 10.1. The molecular weight excluding hydrogens is 432 g/mol. The number of carbonyl (C=O) groups excluding carboxylic acids is 1. The van der Waals surface area contributed by atoms with Crippen LogP contribution in [0.5, 0.6) is 5.75 Å². The lowest BCUT2D eigenvalue weighted by Crippen LogP contribution is -2.31. The number of hydrogen-bond donors (Lipinski definition) is 2. The molecule has 10 heteroatoms. The van der Waals surface area contributed by atoms with Crippen LogP contribution in [0.15, 0.2) is 36.7 Å². The molecule has 1 unspecified atom stereocenters. The number of hydrogen-bond acceptors (Lipinski definition) is 6. The van der Waals surface area contributed by atoms with Gasteiger partial charge in [-0.05, 0) is 44.4 Å². The quantitative estimate of drug-likeness (QED) is 0.526. The molecule has 0 spiro atoms. The van der Waals surface area contributed by atoms with Crippen molar-refractivity contribution in [2.24, 2.45) is 0 Å². The number of aromatic nitrogens is 3. The van der Waals surface area contributed by atoms with Crippen molar-refractivity contribution < 1.29 is 23.0 Å². The van der Waals surface area contributed by atoms with Crippen LogP contribution in [0.1, 0.15) is 48.7 Å². The molecule has 3 heterocycles. The standard InChI is InChI=1S/C23H27F2N5O3/c1-3-30-21-18(13-27-30)20(29-16-8-10-32-11-9-16)19(12-26-21)22(31)28-14(2)15-4-6-17(7-5-15)33-23(24)25/h4-7,12-14,16,23H,3,8-11H2,1-2H3,(H,26,29)(H,28,31). The average molecular weight is 459 g/mol. The summed E-state index contributed by atoms with van der Waals surface area (Å²) in [5.41, 5.74) is 2.61. The maximum absolute atomic E-state index is 13.3. The highest BCUT2D eigenvalue weighted by molar-refractivity contribution is 6.06. The number of pyridine rings is 1. The number of ether oxygens (including phenoxy) is 2. The Morgan fingerprint density at radius 3 is 2.64 bits per heavy atom. The van der Waals surface area contributed by atoms with E-state index in [1.165, 1.54) is 12.1 Å². The molecule has 1 aromatic carbocycles. The average Bonchev–Trinajstić information content (AvgIpc) is 3.23. The van der Waals surface area contributed by atoms with E-state index in [4.69, 9.17) is 4.74 Å². The van der Waals surface area contributed by atoms with E-state index in [1.54, 1.807) is 29.2 Å². The summed E-state index contributed by atoms with van der Waals surface area (Å²) in [6, 6.07) is 6.03. The molecule has 176 valence electrons. The molecule has 1 aliphatic rings. The van der Waals surface area contributed by atoms with Crippen LogP contribution in [0, 0.1) is 0 Å². The topological polar surface area (TPSA) is 90.3 Å². The zero-order chi connectivity index (χ0) is 23.4. The Morgan fingerprint density at radius 1 is 1.24 bits per heavy atom. The summed E-state index contributed by atoms with van der Waals surface area (Å²) < 4.78 is 36.4. The van der Waals surface area contributed by atoms with E-state index in [2.05, 4.69) is 25.5 Å². The van der Waals surface area contributed by atoms with Gasteiger partial charge < -0.3 is 20.1 Å². The Balaban J connectivity index is 1.58. The Hall–Kier alpha value is -3.27. The molecule has 1 saturated heterocycles. The highest BCUT2D eigenvalue weighted by Gasteiger charge is 2.23. The Kier molecular flexibility index (Phi) is 7.02. The zero-order valence-electron chi connectivity index (χ0n) is 18.6. The summed E-state index contributed by atoms with van der Waals surface area (Å²) in [5.74, 6) is -0.221. The molecule has 2 aromatic heterocycles. The van der Waals surface area contributed by atoms with E-state index < -0.39 is 6.61 Å². The lowest BCUT2D eigenvalue weighted by Gasteiger charge is -2.26. The van der Waals surface area contributed by atoms with Crippen molar-refractivity contribution >= 4 is 22.6 Å². The monoisotopic (exact) mass is 459 g/mol. The van der Waals surface area contributed by atoms with Crippen LogP contribution < -0.4 is 15.4 Å². The number of alkyl halides is 2. The fourth-order valence-electron chi connectivity index (χ4n) is 3.93. The van der Waals surface area contributed by atoms with Crippen LogP contribution in [0.3, 0.4) is 0 Å². The van der Waals surface area contributed by atoms with Gasteiger partial charge in [0.1, 0.15) is 5.75 Å². The first-order chi connectivity index (χ1) is 16.0. The predicted molar refractivity (Wildman–Crippen MR) is 120 cm³/mol. The summed E-state index contributed by atoms with van der Waals surface area (Å²) in [5, 5.41) is 11.7. The SMILES string of the molecule is CCn1ncc2c(NC3CCOCC3)c(C(=O)NC(C)c3ccc(OC(F)F)cc3)cnc21. The molecule has 2 N–H and O–H groups in total. The fraction of sp³-hybridized carbons (Fsp3) is 0.435. The van der Waals surface area contributed by atoms with E-state index in [9.17, 15) is 13.6 Å². The summed E-state index contributed by atoms with van der Waals surface area (Å²) in [6.45, 7) is 2.94. The van der Waals surface area contributed by atoms with Gasteiger partial charge in [-0.3, -0.25) is 4.79 Å². The number of aryl methyl sites for hydroxylation is 1. The molecule has 1 aliphatic heterocycles. The summed E-state index contributed by atoms with van der Waals surface area (Å²) >= 11 is 0. The van der Waals surface area contributed by atoms with Crippen LogP contribution in [0.4, 0.5) is 14.5 Å². The van der Waals surface area contributed by atoms with Crippen LogP contribution in [-0.2, 0) is 11.3 Å². The van der Waals surface area contributed by atoms with Gasteiger partial charge in [-0.25, -0.2) is 9.67 Å². The Labute approximate surface area is 190 Å². The van der Waals surface area contributed by atoms with E-state index in [0.29, 0.717) is 36.7 Å². The van der Waals surface area contributed by atoms with Crippen molar-refractivity contribution in [3.05, 3.63) is 47.8 Å². The molecule has 0 bridgehead atoms. The minimum Gasteiger partial charge on any atom is -0.435 e. The van der Waals surface area contributed by atoms with Crippen LogP contribution in [0.25, 0.3) is 11.0 Å². The lowest BCUT2D eigenvalue weighted by molar-refractivity contribution is -0.0498. The molecule has 1 atom stereocenters. The third kappa shape index (κ3) is 5.22. The third-order valence-corrected chi connectivity index (χ3v) is 5.73. The van der Waals surface area contributed by atoms with Gasteiger partial charge in [-0.15, -0.1) is 0 Å². The fourth-order valence-corrected chi connectivity index (χ4v) is 3.93. The van der Waals surface area contributed by atoms with Crippen molar-refractivity contribution in [2.45, 2.75) is 51.9 Å². The first-order valence-corrected chi connectivity index (χ1v) is 11.0. The molecule has 1 amide bonds. The molecular formula is C23H27F2N5O3. The number of benzene rings is 1. The van der Waals surface area contributed by atoms with Gasteiger partial charge >= 0.3 is 6.61 Å². The molecule has 33 heavy (non-hydrogen) atoms. The number of anilines is 1. The summed E-state index contributed by atoms with van der Waals surface area (Å²) in [4.78, 5) is 17.7. The van der Waals surface area contributed by atoms with Crippen LogP contribution in [-0.4, -0.2) is 46.5 Å². The van der Waals surface area contributed by atoms with Gasteiger partial charge in [0, 0.05) is 32.0 Å². The lowest BCUT2D eigenvalue weighted by atomic mass is 10.1. The number of amides is 1. The molecule has 0 radical (unpaired) electrons. The molecule has 0 aliphatic carbocycles. The Bertz CT molecular complexity index is 1100. The molecule has 8 nitrogen and oxygen atoms in total. The minimum absolute atomic E-state index is 0.0674. The van der Waals surface area contributed by atoms with Crippen molar-refractivity contribution in [2.75, 3.05) is 18.5 Å². The van der Waals surface area contributed by atoms with Gasteiger partial charge in [-0.1, -0.05) is 12.1 Å². The van der Waals surface area contributed by atoms with Gasteiger partial charge in [-0.2, -0.15) is 13.9 Å². The number of fused-ring (bicyclic) bond motifs is 1. The molecule has 0 saturated carbocycles. The van der Waals surface area contributed by atoms with Crippen LogP contribution in [0.2, 0.25) is 0 Å². The first kappa shape index (κ1) is 22.9. The Morgan fingerprint density at radius 2 is 1.97 bits per heavy atom. The first-order valence-electron chi connectivity index (χ1n) is 11.0. The maximum Gasteiger partial charge on any atom is 0.387 e. The van der Waals surface area contributed by atoms with E-state index in [0.717, 1.165) is 23.8 Å². The van der Waals surface area contributed by atoms with Crippen molar-refractivity contribution in [1.82, 2.24) is 20.1 Å². The van der Waals surface area contributed by atoms with E-state index in [-0.39, 0.29) is 23.7 Å². The second-order valence-electron chi connectivity index (χ2n) is 7.92. The minimum atomic E-state index is -2.88. The smallest absolute Gasteiger partial charge is 0.387 e. The van der Waals surface area contributed by atoms with Gasteiger partial charge in [0.25, 0.3) is 5.91 Å². The van der Waals surface area contributed by atoms with Crippen molar-refractivity contribution in [3.8, 4) is 5.75 Å². The van der Waals surface area contributed by atoms with Gasteiger partial charge in [0.15, 0.2) is 5.65 Å². The van der Waals surface area contributed by atoms with Crippen molar-refractivity contribution in [1.29, 1.82) is 0 Å². The molecule has 1 fully saturated rings. The number of carbonyl (C=O) groups is 1. The number of nitrogens with zero attached hydrogens (tertiary/aromatic N) is 3. The largest absolute Gasteiger partial charge is 0.435 e. The van der Waals surface area contributed by atoms with Gasteiger partial charge in [0.2, 0.25) is 0 Å². The van der Waals surface area contributed by atoms with Crippen molar-refractivity contribution in [3.63, 3.8) is 0 Å². The third-order valence-electron chi connectivity index (χ3n) is 5.73. The van der Waals surface area contributed by atoms with E-state index >= 15 is 0 Å². The number of rotatable bonds is 8. The van der Waals surface area contributed by atoms with Gasteiger partial charge in [0.05, 0.1) is 28.9 Å². The normalized spacial score (nSPS) is 15.5. The number of nitrogens with one attached hydrogen (secondary N) is 2. The highest BCUT2D eigenvalue weighted by Crippen LogP contribution is 2.29. The molecule has 4 rings (SSSR count). The number of halogens is 2. The predicted octanol–water partition coefficient (Wildman–Crippen LogP) is 4.13.